The molecule has 3 aromatic rings. The van der Waals surface area contributed by atoms with Crippen LogP contribution in [0.15, 0.2) is 24.3 Å². The van der Waals surface area contributed by atoms with E-state index in [0.29, 0.717) is 34.1 Å². The number of esters is 1. The van der Waals surface area contributed by atoms with Crippen molar-refractivity contribution in [3.63, 3.8) is 0 Å². The molecule has 0 heterocycles. The normalized spacial score (nSPS) is 10.8. The first-order chi connectivity index (χ1) is 13.5. The van der Waals surface area contributed by atoms with Gasteiger partial charge in [-0.1, -0.05) is 12.1 Å². The van der Waals surface area contributed by atoms with Gasteiger partial charge in [0.05, 0.1) is 40.4 Å². The molecule has 0 aromatic heterocycles. The monoisotopic (exact) mass is 384 g/mol. The summed E-state index contributed by atoms with van der Waals surface area (Å²) in [6, 6.07) is 7.49. The van der Waals surface area contributed by atoms with E-state index in [-0.39, 0.29) is 6.61 Å². The van der Waals surface area contributed by atoms with E-state index in [0.717, 1.165) is 21.5 Å². The third kappa shape index (κ3) is 2.85. The summed E-state index contributed by atoms with van der Waals surface area (Å²) in [5, 5.41) is 3.15. The van der Waals surface area contributed by atoms with Crippen LogP contribution in [-0.2, 0) is 4.74 Å². The van der Waals surface area contributed by atoms with Crippen LogP contribution in [-0.4, -0.2) is 41.0 Å². The fourth-order valence-electron chi connectivity index (χ4n) is 3.70. The largest absolute Gasteiger partial charge is 0.496 e. The highest BCUT2D eigenvalue weighted by molar-refractivity contribution is 6.16. The second kappa shape index (κ2) is 7.84. The highest BCUT2D eigenvalue weighted by Crippen LogP contribution is 2.49. The molecule has 3 rings (SSSR count). The van der Waals surface area contributed by atoms with Crippen molar-refractivity contribution in [2.75, 3.05) is 35.0 Å². The van der Waals surface area contributed by atoms with Crippen molar-refractivity contribution in [1.29, 1.82) is 0 Å². The average Bonchev–Trinajstić information content (AvgIpc) is 2.71. The molecule has 0 saturated carbocycles. The molecule has 0 fully saturated rings. The molecule has 3 aromatic carbocycles. The summed E-state index contributed by atoms with van der Waals surface area (Å²) in [6.07, 6.45) is 0. The number of methoxy groups -OCH3 is 4. The number of aryl methyl sites for hydroxylation is 1. The van der Waals surface area contributed by atoms with Crippen molar-refractivity contribution in [2.45, 2.75) is 13.8 Å². The molecule has 28 heavy (non-hydrogen) atoms. The van der Waals surface area contributed by atoms with E-state index >= 15 is 0 Å². The molecule has 0 aliphatic rings. The fourth-order valence-corrected chi connectivity index (χ4v) is 3.70. The Morgan fingerprint density at radius 2 is 1.54 bits per heavy atom. The van der Waals surface area contributed by atoms with Crippen LogP contribution < -0.4 is 18.9 Å². The second-order valence-electron chi connectivity index (χ2n) is 6.17. The molecule has 0 unspecified atom stereocenters. The minimum absolute atomic E-state index is 0.269. The van der Waals surface area contributed by atoms with Gasteiger partial charge >= 0.3 is 5.97 Å². The molecule has 0 spiro atoms. The van der Waals surface area contributed by atoms with Crippen molar-refractivity contribution in [3.8, 4) is 23.0 Å². The molecule has 0 radical (unpaired) electrons. The number of hydrogen-bond donors (Lipinski definition) is 0. The Hall–Kier alpha value is -3.15. The van der Waals surface area contributed by atoms with Gasteiger partial charge in [0.25, 0.3) is 0 Å². The predicted octanol–water partition coefficient (Wildman–Crippen LogP) is 4.51. The lowest BCUT2D eigenvalue weighted by atomic mass is 9.93. The molecule has 0 saturated heterocycles. The van der Waals surface area contributed by atoms with E-state index in [1.54, 1.807) is 34.3 Å². The fraction of sp³-hybridized carbons (Fsp3) is 0.318. The van der Waals surface area contributed by atoms with Gasteiger partial charge < -0.3 is 23.7 Å². The maximum atomic E-state index is 12.6. The smallest absolute Gasteiger partial charge is 0.342 e. The summed E-state index contributed by atoms with van der Waals surface area (Å²) >= 11 is 0. The average molecular weight is 384 g/mol. The van der Waals surface area contributed by atoms with Crippen LogP contribution in [0.1, 0.15) is 22.8 Å². The Labute approximate surface area is 163 Å². The summed E-state index contributed by atoms with van der Waals surface area (Å²) in [4.78, 5) is 12.6. The molecule has 6 nitrogen and oxygen atoms in total. The van der Waals surface area contributed by atoms with Gasteiger partial charge in [0, 0.05) is 16.2 Å². The van der Waals surface area contributed by atoms with Crippen molar-refractivity contribution in [3.05, 3.63) is 35.4 Å². The zero-order valence-corrected chi connectivity index (χ0v) is 17.0. The topological polar surface area (TPSA) is 63.2 Å². The predicted molar refractivity (Wildman–Crippen MR) is 108 cm³/mol. The van der Waals surface area contributed by atoms with Crippen LogP contribution in [0.5, 0.6) is 23.0 Å². The maximum Gasteiger partial charge on any atom is 0.342 e. The van der Waals surface area contributed by atoms with Crippen LogP contribution >= 0.6 is 0 Å². The number of benzene rings is 3. The molecule has 0 amide bonds. The van der Waals surface area contributed by atoms with Crippen LogP contribution in [0.2, 0.25) is 0 Å². The first kappa shape index (κ1) is 19.6. The minimum Gasteiger partial charge on any atom is -0.496 e. The van der Waals surface area contributed by atoms with Gasteiger partial charge in [-0.2, -0.15) is 0 Å². The summed E-state index contributed by atoms with van der Waals surface area (Å²) < 4.78 is 27.9. The first-order valence-electron chi connectivity index (χ1n) is 8.92. The number of ether oxygens (including phenoxy) is 5. The number of carbonyl (C=O) groups excluding carboxylic acids is 1. The van der Waals surface area contributed by atoms with Crippen LogP contribution in [0, 0.1) is 6.92 Å². The van der Waals surface area contributed by atoms with E-state index in [2.05, 4.69) is 0 Å². The van der Waals surface area contributed by atoms with Crippen molar-refractivity contribution in [1.82, 2.24) is 0 Å². The van der Waals surface area contributed by atoms with Crippen LogP contribution in [0.4, 0.5) is 0 Å². The van der Waals surface area contributed by atoms with E-state index < -0.39 is 5.97 Å². The van der Waals surface area contributed by atoms with E-state index in [4.69, 9.17) is 23.7 Å². The van der Waals surface area contributed by atoms with Gasteiger partial charge in [0.2, 0.25) is 0 Å². The Morgan fingerprint density at radius 3 is 2.11 bits per heavy atom. The van der Waals surface area contributed by atoms with Crippen LogP contribution in [0.25, 0.3) is 21.5 Å². The summed E-state index contributed by atoms with van der Waals surface area (Å²) in [7, 11) is 6.34. The lowest BCUT2D eigenvalue weighted by Gasteiger charge is -2.20. The van der Waals surface area contributed by atoms with E-state index in [1.165, 1.54) is 7.11 Å². The zero-order valence-electron chi connectivity index (χ0n) is 17.0. The molecule has 0 atom stereocenters. The number of carbonyl (C=O) groups is 1. The second-order valence-corrected chi connectivity index (χ2v) is 6.17. The molecule has 0 N–H and O–H groups in total. The number of fused-ring (bicyclic) bond motifs is 2. The van der Waals surface area contributed by atoms with E-state index in [1.807, 2.05) is 25.1 Å². The number of rotatable bonds is 6. The molecule has 0 bridgehead atoms. The van der Waals surface area contributed by atoms with Gasteiger partial charge in [-0.3, -0.25) is 0 Å². The highest BCUT2D eigenvalue weighted by Gasteiger charge is 2.26. The molecule has 6 heteroatoms. The van der Waals surface area contributed by atoms with Crippen molar-refractivity contribution in [2.24, 2.45) is 0 Å². The summed E-state index contributed by atoms with van der Waals surface area (Å²) in [6.45, 7) is 3.88. The maximum absolute atomic E-state index is 12.6. The molecule has 0 aliphatic carbocycles. The van der Waals surface area contributed by atoms with Gasteiger partial charge in [0.15, 0.2) is 0 Å². The van der Waals surface area contributed by atoms with Gasteiger partial charge in [-0.15, -0.1) is 0 Å². The number of hydrogen-bond acceptors (Lipinski definition) is 6. The molecule has 0 aliphatic heterocycles. The standard InChI is InChI=1S/C22H24O6/c1-7-28-22(23)18-12(2)17-14(11-16(18)25-4)20(26-5)13-9-8-10-15(24-3)19(13)21(17)27-6/h8-11H,7H2,1-6H3. The highest BCUT2D eigenvalue weighted by atomic mass is 16.5. The van der Waals surface area contributed by atoms with E-state index in [9.17, 15) is 4.79 Å². The third-order valence-corrected chi connectivity index (χ3v) is 4.84. The van der Waals surface area contributed by atoms with Gasteiger partial charge in [0.1, 0.15) is 28.6 Å². The summed E-state index contributed by atoms with van der Waals surface area (Å²) in [5.41, 5.74) is 1.06. The third-order valence-electron chi connectivity index (χ3n) is 4.84. The zero-order chi connectivity index (χ0) is 20.4. The minimum atomic E-state index is -0.445. The van der Waals surface area contributed by atoms with Crippen LogP contribution in [0.3, 0.4) is 0 Å². The Kier molecular flexibility index (Phi) is 5.49. The van der Waals surface area contributed by atoms with Crippen molar-refractivity contribution < 1.29 is 28.5 Å². The lowest BCUT2D eigenvalue weighted by molar-refractivity contribution is 0.0522. The molecular weight excluding hydrogens is 360 g/mol. The Balaban J connectivity index is 2.60. The van der Waals surface area contributed by atoms with Crippen molar-refractivity contribution >= 4 is 27.5 Å². The Bertz CT molecular complexity index is 1050. The first-order valence-corrected chi connectivity index (χ1v) is 8.92. The van der Waals surface area contributed by atoms with Gasteiger partial charge in [-0.25, -0.2) is 4.79 Å². The Morgan fingerprint density at radius 1 is 0.857 bits per heavy atom. The SMILES string of the molecule is CCOC(=O)c1c(OC)cc2c(OC)c3cccc(OC)c3c(OC)c2c1C. The summed E-state index contributed by atoms with van der Waals surface area (Å²) in [5.74, 6) is 1.89. The quantitative estimate of drug-likeness (QED) is 0.460. The lowest BCUT2D eigenvalue weighted by Crippen LogP contribution is -2.10. The molecular formula is C22H24O6. The molecule has 148 valence electrons. The van der Waals surface area contributed by atoms with Gasteiger partial charge in [-0.05, 0) is 31.5 Å².